The van der Waals surface area contributed by atoms with Crippen molar-refractivity contribution in [2.75, 3.05) is 6.54 Å². The Labute approximate surface area is 125 Å². The summed E-state index contributed by atoms with van der Waals surface area (Å²) in [6.07, 6.45) is 2.42. The number of carbonyl (C=O) groups is 2. The minimum atomic E-state index is -0.621. The Bertz CT molecular complexity index is 448. The van der Waals surface area contributed by atoms with Crippen LogP contribution in [-0.2, 0) is 16.0 Å². The molecule has 1 rings (SSSR count). The fraction of sp³-hybridized carbons (Fsp3) is 0.438. The van der Waals surface area contributed by atoms with Gasteiger partial charge in [-0.25, -0.2) is 0 Å². The van der Waals surface area contributed by atoms with Crippen molar-refractivity contribution < 1.29 is 14.7 Å². The van der Waals surface area contributed by atoms with Gasteiger partial charge >= 0.3 is 0 Å². The first-order valence-electron chi connectivity index (χ1n) is 7.10. The molecule has 0 fully saturated rings. The van der Waals surface area contributed by atoms with Crippen LogP contribution in [0.3, 0.4) is 0 Å². The van der Waals surface area contributed by atoms with E-state index in [2.05, 4.69) is 5.32 Å². The molecule has 1 aromatic carbocycles. The third-order valence-corrected chi connectivity index (χ3v) is 3.23. The van der Waals surface area contributed by atoms with Crippen molar-refractivity contribution in [3.8, 4) is 0 Å². The summed E-state index contributed by atoms with van der Waals surface area (Å²) in [7, 11) is 0. The zero-order chi connectivity index (χ0) is 15.7. The molecule has 5 heteroatoms. The van der Waals surface area contributed by atoms with Crippen LogP contribution in [0, 0.1) is 12.3 Å². The number of aliphatic hydroxyl groups excluding tert-OH is 1. The van der Waals surface area contributed by atoms with Gasteiger partial charge in [0.1, 0.15) is 0 Å². The van der Waals surface area contributed by atoms with Crippen LogP contribution in [0.1, 0.15) is 25.3 Å². The molecule has 1 aromatic rings. The average Bonchev–Trinajstić information content (AvgIpc) is 2.49. The molecule has 0 bridgehead atoms. The van der Waals surface area contributed by atoms with Gasteiger partial charge in [0.05, 0.1) is 12.0 Å². The van der Waals surface area contributed by atoms with E-state index in [1.807, 2.05) is 30.3 Å². The third-order valence-electron chi connectivity index (χ3n) is 3.23. The largest absolute Gasteiger partial charge is 0.393 e. The molecule has 0 aromatic heterocycles. The van der Waals surface area contributed by atoms with Gasteiger partial charge in [0.2, 0.25) is 11.8 Å². The molecule has 115 valence electrons. The second kappa shape index (κ2) is 9.13. The first kappa shape index (κ1) is 17.2. The molecule has 4 N–H and O–H groups in total. The lowest BCUT2D eigenvalue weighted by atomic mass is 10.0. The van der Waals surface area contributed by atoms with Crippen LogP contribution < -0.4 is 11.1 Å². The van der Waals surface area contributed by atoms with Crippen LogP contribution in [0.25, 0.3) is 0 Å². The maximum atomic E-state index is 11.6. The number of carbonyl (C=O) groups excluding carboxylic acids is 2. The molecule has 0 saturated carbocycles. The Hall–Kier alpha value is -1.88. The zero-order valence-electron chi connectivity index (χ0n) is 12.3. The van der Waals surface area contributed by atoms with Crippen LogP contribution in [0.15, 0.2) is 30.3 Å². The summed E-state index contributed by atoms with van der Waals surface area (Å²) in [6, 6.07) is 9.81. The molecule has 2 amide bonds. The maximum absolute atomic E-state index is 11.6. The zero-order valence-corrected chi connectivity index (χ0v) is 12.3. The summed E-state index contributed by atoms with van der Waals surface area (Å²) < 4.78 is 0. The highest BCUT2D eigenvalue weighted by Crippen LogP contribution is 2.07. The van der Waals surface area contributed by atoms with Gasteiger partial charge in [-0.3, -0.25) is 9.59 Å². The molecule has 0 spiro atoms. The summed E-state index contributed by atoms with van der Waals surface area (Å²) >= 11 is 0. The summed E-state index contributed by atoms with van der Waals surface area (Å²) in [5.41, 5.74) is 6.23. The van der Waals surface area contributed by atoms with E-state index >= 15 is 0 Å². The fourth-order valence-electron chi connectivity index (χ4n) is 1.74. The Morgan fingerprint density at radius 2 is 2.00 bits per heavy atom. The van der Waals surface area contributed by atoms with E-state index in [0.717, 1.165) is 5.56 Å². The normalized spacial score (nSPS) is 13.4. The number of aliphatic hydroxyl groups is 1. The molecule has 2 atom stereocenters. The Morgan fingerprint density at radius 3 is 2.62 bits per heavy atom. The molecule has 5 nitrogen and oxygen atoms in total. The predicted octanol–water partition coefficient (Wildman–Crippen LogP) is 0.812. The van der Waals surface area contributed by atoms with Crippen molar-refractivity contribution in [2.45, 2.75) is 32.3 Å². The van der Waals surface area contributed by atoms with E-state index in [4.69, 9.17) is 5.73 Å². The van der Waals surface area contributed by atoms with Gasteiger partial charge in [0.25, 0.3) is 0 Å². The lowest BCUT2D eigenvalue weighted by Gasteiger charge is -2.12. The fourth-order valence-corrected chi connectivity index (χ4v) is 1.74. The molecule has 21 heavy (non-hydrogen) atoms. The van der Waals surface area contributed by atoms with E-state index in [9.17, 15) is 14.7 Å². The summed E-state index contributed by atoms with van der Waals surface area (Å²) in [5, 5.41) is 12.4. The van der Waals surface area contributed by atoms with E-state index in [1.54, 1.807) is 13.3 Å². The van der Waals surface area contributed by atoms with Crippen molar-refractivity contribution in [1.29, 1.82) is 0 Å². The van der Waals surface area contributed by atoms with Crippen LogP contribution >= 0.6 is 0 Å². The Kier molecular flexibility index (Phi) is 7.46. The maximum Gasteiger partial charge on any atom is 0.222 e. The minimum Gasteiger partial charge on any atom is -0.393 e. The number of primary amides is 1. The molecule has 0 heterocycles. The molecule has 0 aliphatic carbocycles. The third kappa shape index (κ3) is 7.46. The number of nitrogens with one attached hydrogen (secondary N) is 1. The topological polar surface area (TPSA) is 92.4 Å². The number of hydrogen-bond acceptors (Lipinski definition) is 3. The minimum absolute atomic E-state index is 0.185. The van der Waals surface area contributed by atoms with Crippen molar-refractivity contribution in [2.24, 2.45) is 11.7 Å². The number of hydrogen-bond donors (Lipinski definition) is 3. The van der Waals surface area contributed by atoms with Gasteiger partial charge in [0.15, 0.2) is 0 Å². The Morgan fingerprint density at radius 1 is 1.33 bits per heavy atom. The number of nitrogens with two attached hydrogens (primary N) is 1. The highest BCUT2D eigenvalue weighted by Gasteiger charge is 2.12. The summed E-state index contributed by atoms with van der Waals surface area (Å²) in [4.78, 5) is 22.4. The van der Waals surface area contributed by atoms with E-state index in [-0.39, 0.29) is 24.8 Å². The van der Waals surface area contributed by atoms with Gasteiger partial charge in [-0.05, 0) is 24.8 Å². The second-order valence-corrected chi connectivity index (χ2v) is 5.14. The molecule has 0 aliphatic heterocycles. The molecule has 0 aliphatic rings. The smallest absolute Gasteiger partial charge is 0.222 e. The van der Waals surface area contributed by atoms with Gasteiger partial charge in [-0.1, -0.05) is 37.3 Å². The monoisotopic (exact) mass is 291 g/mol. The van der Waals surface area contributed by atoms with E-state index in [1.165, 1.54) is 0 Å². The molecular weight excluding hydrogens is 268 g/mol. The van der Waals surface area contributed by atoms with Gasteiger partial charge in [-0.2, -0.15) is 0 Å². The quantitative estimate of drug-likeness (QED) is 0.628. The van der Waals surface area contributed by atoms with Gasteiger partial charge in [0, 0.05) is 13.0 Å². The van der Waals surface area contributed by atoms with E-state index < -0.39 is 12.0 Å². The lowest BCUT2D eigenvalue weighted by Crippen LogP contribution is -2.34. The van der Waals surface area contributed by atoms with Crippen LogP contribution in [0.4, 0.5) is 0 Å². The van der Waals surface area contributed by atoms with Crippen molar-refractivity contribution in [1.82, 2.24) is 5.32 Å². The highest BCUT2D eigenvalue weighted by atomic mass is 16.3. The summed E-state index contributed by atoms with van der Waals surface area (Å²) in [6.45, 7) is 1.89. The first-order chi connectivity index (χ1) is 9.99. The first-order valence-corrected chi connectivity index (χ1v) is 7.10. The van der Waals surface area contributed by atoms with Gasteiger partial charge in [-0.15, -0.1) is 0 Å². The van der Waals surface area contributed by atoms with Crippen LogP contribution in [0.2, 0.25) is 0 Å². The Balaban J connectivity index is 2.16. The molecular formula is C16H23N2O3. The molecule has 1 radical (unpaired) electrons. The molecule has 0 saturated heterocycles. The lowest BCUT2D eigenvalue weighted by molar-refractivity contribution is -0.123. The second-order valence-electron chi connectivity index (χ2n) is 5.14. The predicted molar refractivity (Wildman–Crippen MR) is 81.1 cm³/mol. The number of benzene rings is 1. The molecule has 1 unspecified atom stereocenters. The van der Waals surface area contributed by atoms with Crippen molar-refractivity contribution >= 4 is 11.8 Å². The van der Waals surface area contributed by atoms with E-state index in [0.29, 0.717) is 12.8 Å². The number of rotatable bonds is 9. The highest BCUT2D eigenvalue weighted by molar-refractivity contribution is 5.79. The van der Waals surface area contributed by atoms with Crippen LogP contribution in [-0.4, -0.2) is 29.6 Å². The SMILES string of the molecule is CC(CNC(=O)CC[C@@H](O)[CH]Cc1ccccc1)C(N)=O. The average molecular weight is 291 g/mol. The van der Waals surface area contributed by atoms with Crippen LogP contribution in [0.5, 0.6) is 0 Å². The standard InChI is InChI=1S/C16H23N2O3/c1-12(16(17)21)11-18-15(20)10-9-14(19)8-7-13-5-3-2-4-6-13/h2-6,8,12,14,19H,7,9-11H2,1H3,(H2,17,21)(H,18,20)/t12?,14-/m0/s1. The van der Waals surface area contributed by atoms with Gasteiger partial charge < -0.3 is 16.2 Å². The van der Waals surface area contributed by atoms with Crippen molar-refractivity contribution in [3.05, 3.63) is 42.3 Å². The summed E-state index contributed by atoms with van der Waals surface area (Å²) in [5.74, 6) is -1.01. The number of amides is 2. The van der Waals surface area contributed by atoms with Crippen molar-refractivity contribution in [3.63, 3.8) is 0 Å².